The van der Waals surface area contributed by atoms with Gasteiger partial charge in [-0.25, -0.2) is 4.79 Å². The molecule has 4 aromatic rings. The van der Waals surface area contributed by atoms with Crippen molar-refractivity contribution in [1.82, 2.24) is 20.6 Å². The topological polar surface area (TPSA) is 113 Å². The van der Waals surface area contributed by atoms with E-state index in [0.717, 1.165) is 5.56 Å². The predicted octanol–water partition coefficient (Wildman–Crippen LogP) is 3.50. The van der Waals surface area contributed by atoms with E-state index < -0.39 is 6.09 Å². The quantitative estimate of drug-likeness (QED) is 0.402. The highest BCUT2D eigenvalue weighted by Gasteiger charge is 2.19. The van der Waals surface area contributed by atoms with Gasteiger partial charge in [0.15, 0.2) is 5.78 Å². The highest BCUT2D eigenvalue weighted by Crippen LogP contribution is 2.21. The van der Waals surface area contributed by atoms with Gasteiger partial charge in [-0.05, 0) is 46.7 Å². The number of hydrogen-bond donors (Lipinski definition) is 3. The second kappa shape index (κ2) is 8.80. The van der Waals surface area contributed by atoms with Crippen LogP contribution in [0.15, 0.2) is 59.3 Å². The number of ether oxygens (including phenoxy) is 1. The number of hydrogen-bond acceptors (Lipinski definition) is 6. The second-order valence-corrected chi connectivity index (χ2v) is 7.38. The van der Waals surface area contributed by atoms with Crippen LogP contribution in [0.4, 0.5) is 4.79 Å². The molecule has 0 saturated heterocycles. The lowest BCUT2D eigenvalue weighted by Gasteiger charge is -2.09. The molecule has 9 heteroatoms. The number of rotatable bonds is 6. The number of carbonyl (C=O) groups is 3. The third kappa shape index (κ3) is 4.46. The van der Waals surface area contributed by atoms with Gasteiger partial charge in [0, 0.05) is 24.7 Å². The van der Waals surface area contributed by atoms with Crippen molar-refractivity contribution in [1.29, 1.82) is 0 Å². The minimum atomic E-state index is -0.655. The molecule has 2 heterocycles. The number of amides is 2. The fourth-order valence-corrected chi connectivity index (χ4v) is 3.69. The van der Waals surface area contributed by atoms with E-state index in [9.17, 15) is 14.4 Å². The molecule has 2 aromatic carbocycles. The Bertz CT molecular complexity index is 1260. The van der Waals surface area contributed by atoms with Crippen LogP contribution < -0.4 is 15.4 Å². The molecule has 156 valence electrons. The number of H-pyrrole nitrogens is 1. The molecule has 31 heavy (non-hydrogen) atoms. The van der Waals surface area contributed by atoms with Gasteiger partial charge in [-0.1, -0.05) is 18.2 Å². The maximum absolute atomic E-state index is 13.2. The standard InChI is InChI=1S/C22H18N4O4S/c1-23-22(29)30-21-25-17-7-6-14(10-18(17)26-21)19(27)15-4-2-3-5-16(15)20(28)24-11-13-8-9-31-12-13/h2-10,12H,11H2,1H3,(H,23,29)(H,24,28)(H,25,26). The maximum atomic E-state index is 13.2. The molecule has 0 saturated carbocycles. The summed E-state index contributed by atoms with van der Waals surface area (Å²) in [4.78, 5) is 44.3. The molecule has 3 N–H and O–H groups in total. The van der Waals surface area contributed by atoms with Crippen molar-refractivity contribution >= 4 is 40.2 Å². The lowest BCUT2D eigenvalue weighted by atomic mass is 9.97. The number of nitrogens with zero attached hydrogens (tertiary/aromatic N) is 1. The summed E-state index contributed by atoms with van der Waals surface area (Å²) >= 11 is 1.55. The summed E-state index contributed by atoms with van der Waals surface area (Å²) in [6.45, 7) is 0.388. The Kier molecular flexibility index (Phi) is 5.76. The molecule has 0 atom stereocenters. The lowest BCUT2D eigenvalue weighted by molar-refractivity contribution is 0.0939. The van der Waals surface area contributed by atoms with E-state index in [-0.39, 0.29) is 17.7 Å². The number of aromatic nitrogens is 2. The van der Waals surface area contributed by atoms with Crippen LogP contribution in [0, 0.1) is 0 Å². The number of fused-ring (bicyclic) bond motifs is 1. The van der Waals surface area contributed by atoms with E-state index in [1.165, 1.54) is 7.05 Å². The first-order valence-corrected chi connectivity index (χ1v) is 10.3. The Morgan fingerprint density at radius 2 is 1.90 bits per heavy atom. The molecular formula is C22H18N4O4S. The molecule has 0 radical (unpaired) electrons. The third-order valence-corrected chi connectivity index (χ3v) is 5.30. The number of nitrogens with one attached hydrogen (secondary N) is 3. The van der Waals surface area contributed by atoms with Crippen molar-refractivity contribution in [3.8, 4) is 6.01 Å². The monoisotopic (exact) mass is 434 g/mol. The van der Waals surface area contributed by atoms with Gasteiger partial charge in [0.2, 0.25) is 0 Å². The summed E-state index contributed by atoms with van der Waals surface area (Å²) in [6.07, 6.45) is -0.655. The Balaban J connectivity index is 1.58. The van der Waals surface area contributed by atoms with Crippen molar-refractivity contribution in [2.45, 2.75) is 6.54 Å². The summed E-state index contributed by atoms with van der Waals surface area (Å²) in [5.41, 5.74) is 3.05. The van der Waals surface area contributed by atoms with E-state index in [2.05, 4.69) is 20.6 Å². The minimum Gasteiger partial charge on any atom is -0.375 e. The number of benzene rings is 2. The van der Waals surface area contributed by atoms with Gasteiger partial charge in [-0.15, -0.1) is 0 Å². The lowest BCUT2D eigenvalue weighted by Crippen LogP contribution is -2.24. The average molecular weight is 434 g/mol. The first-order chi connectivity index (χ1) is 15.0. The van der Waals surface area contributed by atoms with Gasteiger partial charge in [0.1, 0.15) is 0 Å². The Hall–Kier alpha value is -3.98. The molecule has 2 amide bonds. The van der Waals surface area contributed by atoms with Gasteiger partial charge >= 0.3 is 12.1 Å². The predicted molar refractivity (Wildman–Crippen MR) is 117 cm³/mol. The van der Waals surface area contributed by atoms with Gasteiger partial charge in [0.25, 0.3) is 5.91 Å². The van der Waals surface area contributed by atoms with E-state index in [4.69, 9.17) is 4.74 Å². The highest BCUT2D eigenvalue weighted by atomic mass is 32.1. The highest BCUT2D eigenvalue weighted by molar-refractivity contribution is 7.07. The number of aromatic amines is 1. The van der Waals surface area contributed by atoms with Crippen LogP contribution >= 0.6 is 11.3 Å². The molecule has 0 aliphatic rings. The largest absolute Gasteiger partial charge is 0.414 e. The van der Waals surface area contributed by atoms with Crippen molar-refractivity contribution in [2.75, 3.05) is 7.05 Å². The van der Waals surface area contributed by atoms with Crippen LogP contribution in [-0.2, 0) is 6.54 Å². The van der Waals surface area contributed by atoms with Crippen LogP contribution in [0.5, 0.6) is 6.01 Å². The number of ketones is 1. The van der Waals surface area contributed by atoms with Crippen molar-refractivity contribution in [2.24, 2.45) is 0 Å². The smallest absolute Gasteiger partial charge is 0.375 e. The van der Waals surface area contributed by atoms with E-state index in [1.54, 1.807) is 53.8 Å². The summed E-state index contributed by atoms with van der Waals surface area (Å²) < 4.78 is 4.99. The first kappa shape index (κ1) is 20.3. The molecule has 4 rings (SSSR count). The number of imidazole rings is 1. The van der Waals surface area contributed by atoms with Crippen LogP contribution in [0.1, 0.15) is 31.8 Å². The van der Waals surface area contributed by atoms with Gasteiger partial charge in [-0.3, -0.25) is 9.59 Å². The average Bonchev–Trinajstić information content (AvgIpc) is 3.45. The van der Waals surface area contributed by atoms with Crippen LogP contribution in [0.25, 0.3) is 11.0 Å². The van der Waals surface area contributed by atoms with Gasteiger partial charge in [0.05, 0.1) is 16.6 Å². The number of carbonyl (C=O) groups excluding carboxylic acids is 3. The van der Waals surface area contributed by atoms with Crippen LogP contribution in [0.3, 0.4) is 0 Å². The fraction of sp³-hybridized carbons (Fsp3) is 0.0909. The minimum absolute atomic E-state index is 0.0205. The zero-order valence-corrected chi connectivity index (χ0v) is 17.3. The van der Waals surface area contributed by atoms with Gasteiger partial charge < -0.3 is 20.4 Å². The van der Waals surface area contributed by atoms with Crippen LogP contribution in [0.2, 0.25) is 0 Å². The summed E-state index contributed by atoms with van der Waals surface area (Å²) in [5, 5.41) is 9.08. The Labute approximate surface area is 181 Å². The molecule has 0 bridgehead atoms. The Morgan fingerprint density at radius 1 is 1.10 bits per heavy atom. The molecule has 0 spiro atoms. The normalized spacial score (nSPS) is 10.6. The van der Waals surface area contributed by atoms with E-state index >= 15 is 0 Å². The fourth-order valence-electron chi connectivity index (χ4n) is 3.02. The van der Waals surface area contributed by atoms with E-state index in [0.29, 0.717) is 34.3 Å². The molecule has 0 aliphatic carbocycles. The molecule has 0 unspecified atom stereocenters. The Morgan fingerprint density at radius 3 is 2.65 bits per heavy atom. The summed E-state index contributed by atoms with van der Waals surface area (Å²) in [7, 11) is 1.44. The first-order valence-electron chi connectivity index (χ1n) is 9.37. The molecular weight excluding hydrogens is 416 g/mol. The van der Waals surface area contributed by atoms with Crippen molar-refractivity contribution < 1.29 is 19.1 Å². The van der Waals surface area contributed by atoms with E-state index in [1.807, 2.05) is 16.8 Å². The molecule has 0 fully saturated rings. The molecule has 0 aliphatic heterocycles. The maximum Gasteiger partial charge on any atom is 0.414 e. The van der Waals surface area contributed by atoms with Crippen molar-refractivity contribution in [3.05, 3.63) is 81.5 Å². The van der Waals surface area contributed by atoms with Gasteiger partial charge in [-0.2, -0.15) is 16.3 Å². The zero-order valence-electron chi connectivity index (χ0n) is 16.5. The molecule has 8 nitrogen and oxygen atoms in total. The SMILES string of the molecule is CNC(=O)Oc1nc2ccc(C(=O)c3ccccc3C(=O)NCc3ccsc3)cc2[nH]1. The zero-order chi connectivity index (χ0) is 21.8. The summed E-state index contributed by atoms with van der Waals surface area (Å²) in [6, 6.07) is 13.5. The third-order valence-electron chi connectivity index (χ3n) is 4.57. The number of thiophene rings is 1. The molecule has 2 aromatic heterocycles. The van der Waals surface area contributed by atoms with Crippen molar-refractivity contribution in [3.63, 3.8) is 0 Å². The second-order valence-electron chi connectivity index (χ2n) is 6.60. The van der Waals surface area contributed by atoms with Crippen LogP contribution in [-0.4, -0.2) is 34.8 Å². The summed E-state index contributed by atoms with van der Waals surface area (Å²) in [5.74, 6) is -0.620.